The molecular formula is C11H16N2O5S. The molecule has 0 atom stereocenters. The molecule has 0 aliphatic rings. The Morgan fingerprint density at radius 3 is 2.47 bits per heavy atom. The first-order valence-electron chi connectivity index (χ1n) is 5.49. The molecule has 8 heteroatoms. The minimum absolute atomic E-state index is 0.164. The van der Waals surface area contributed by atoms with Gasteiger partial charge in [0.25, 0.3) is 5.69 Å². The predicted octanol–water partition coefficient (Wildman–Crippen LogP) is 0.952. The average Bonchev–Trinajstić information content (AvgIpc) is 2.27. The number of benzene rings is 1. The first kappa shape index (κ1) is 15.5. The topological polar surface area (TPSA) is 110 Å². The van der Waals surface area contributed by atoms with Gasteiger partial charge in [-0.1, -0.05) is 6.07 Å². The Labute approximate surface area is 111 Å². The average molecular weight is 288 g/mol. The van der Waals surface area contributed by atoms with Gasteiger partial charge in [0.2, 0.25) is 10.0 Å². The third-order valence-corrected chi connectivity index (χ3v) is 4.32. The minimum Gasteiger partial charge on any atom is -0.394 e. The molecule has 1 rings (SSSR count). The summed E-state index contributed by atoms with van der Waals surface area (Å²) in [4.78, 5) is 9.86. The number of aryl methyl sites for hydroxylation is 1. The fraction of sp³-hybridized carbons (Fsp3) is 0.455. The van der Waals surface area contributed by atoms with Crippen LogP contribution in [0.4, 0.5) is 5.69 Å². The van der Waals surface area contributed by atoms with Gasteiger partial charge >= 0.3 is 0 Å². The summed E-state index contributed by atoms with van der Waals surface area (Å²) in [5.74, 6) is 0. The van der Waals surface area contributed by atoms with E-state index in [1.165, 1.54) is 26.0 Å². The Kier molecular flexibility index (Phi) is 4.28. The van der Waals surface area contributed by atoms with Crippen LogP contribution in [0.15, 0.2) is 23.1 Å². The molecule has 2 N–H and O–H groups in total. The van der Waals surface area contributed by atoms with Gasteiger partial charge in [-0.25, -0.2) is 13.1 Å². The molecule has 1 aromatic carbocycles. The number of non-ortho nitro benzene ring substituents is 1. The maximum atomic E-state index is 12.2. The molecule has 0 amide bonds. The van der Waals surface area contributed by atoms with Crippen LogP contribution in [-0.2, 0) is 10.0 Å². The van der Waals surface area contributed by atoms with Crippen LogP contribution in [-0.4, -0.2) is 30.6 Å². The maximum Gasteiger partial charge on any atom is 0.270 e. The molecule has 0 radical (unpaired) electrons. The Bertz CT molecular complexity index is 595. The molecule has 0 heterocycles. The van der Waals surface area contributed by atoms with Gasteiger partial charge in [0.15, 0.2) is 0 Å². The lowest BCUT2D eigenvalue weighted by atomic mass is 10.1. The summed E-state index contributed by atoms with van der Waals surface area (Å²) in [6, 6.07) is 3.62. The standard InChI is InChI=1S/C11H16N2O5S/c1-8-4-5-9(13(15)16)6-10(8)19(17,18)12-11(2,3)7-14/h4-6,12,14H,7H2,1-3H3. The Morgan fingerprint density at radius 1 is 1.42 bits per heavy atom. The van der Waals surface area contributed by atoms with E-state index in [-0.39, 0.29) is 17.2 Å². The van der Waals surface area contributed by atoms with E-state index >= 15 is 0 Å². The van der Waals surface area contributed by atoms with E-state index in [9.17, 15) is 18.5 Å². The lowest BCUT2D eigenvalue weighted by molar-refractivity contribution is -0.385. The van der Waals surface area contributed by atoms with E-state index in [1.54, 1.807) is 6.92 Å². The van der Waals surface area contributed by atoms with Gasteiger partial charge in [-0.3, -0.25) is 10.1 Å². The van der Waals surface area contributed by atoms with Crippen LogP contribution in [0.1, 0.15) is 19.4 Å². The summed E-state index contributed by atoms with van der Waals surface area (Å²) in [6.45, 7) is 4.18. The molecular weight excluding hydrogens is 272 g/mol. The Hall–Kier alpha value is -1.51. The van der Waals surface area contributed by atoms with Crippen molar-refractivity contribution < 1.29 is 18.4 Å². The van der Waals surface area contributed by atoms with Crippen molar-refractivity contribution in [2.45, 2.75) is 31.2 Å². The molecule has 106 valence electrons. The normalized spacial score (nSPS) is 12.4. The molecule has 0 unspecified atom stereocenters. The van der Waals surface area contributed by atoms with Crippen molar-refractivity contribution in [3.8, 4) is 0 Å². The fourth-order valence-corrected chi connectivity index (χ4v) is 3.11. The van der Waals surface area contributed by atoms with E-state index in [1.807, 2.05) is 0 Å². The summed E-state index contributed by atoms with van der Waals surface area (Å²) in [6.07, 6.45) is 0. The molecule has 0 fully saturated rings. The highest BCUT2D eigenvalue weighted by Crippen LogP contribution is 2.22. The molecule has 7 nitrogen and oxygen atoms in total. The Balaban J connectivity index is 3.28. The highest BCUT2D eigenvalue weighted by Gasteiger charge is 2.27. The smallest absolute Gasteiger partial charge is 0.270 e. The van der Waals surface area contributed by atoms with Crippen molar-refractivity contribution in [3.05, 3.63) is 33.9 Å². The second-order valence-corrected chi connectivity index (χ2v) is 6.51. The summed E-state index contributed by atoms with van der Waals surface area (Å²) in [7, 11) is -3.93. The summed E-state index contributed by atoms with van der Waals surface area (Å²) >= 11 is 0. The van der Waals surface area contributed by atoms with Crippen molar-refractivity contribution in [1.82, 2.24) is 4.72 Å². The number of nitro groups is 1. The zero-order valence-corrected chi connectivity index (χ0v) is 11.7. The van der Waals surface area contributed by atoms with Gasteiger partial charge in [-0.15, -0.1) is 0 Å². The molecule has 0 saturated heterocycles. The van der Waals surface area contributed by atoms with Crippen LogP contribution >= 0.6 is 0 Å². The maximum absolute atomic E-state index is 12.2. The van der Waals surface area contributed by atoms with Crippen molar-refractivity contribution in [1.29, 1.82) is 0 Å². The van der Waals surface area contributed by atoms with Crippen LogP contribution in [0.5, 0.6) is 0 Å². The number of aliphatic hydroxyl groups is 1. The minimum atomic E-state index is -3.93. The zero-order valence-electron chi connectivity index (χ0n) is 10.9. The van der Waals surface area contributed by atoms with Crippen LogP contribution in [0.2, 0.25) is 0 Å². The van der Waals surface area contributed by atoms with Crippen molar-refractivity contribution in [2.75, 3.05) is 6.61 Å². The molecule has 0 aliphatic heterocycles. The predicted molar refractivity (Wildman–Crippen MR) is 69.3 cm³/mol. The molecule has 1 aromatic rings. The van der Waals surface area contributed by atoms with E-state index in [0.29, 0.717) is 5.56 Å². The molecule has 0 aromatic heterocycles. The molecule has 0 spiro atoms. The van der Waals surface area contributed by atoms with Crippen molar-refractivity contribution in [2.24, 2.45) is 0 Å². The first-order chi connectivity index (χ1) is 8.59. The monoisotopic (exact) mass is 288 g/mol. The molecule has 19 heavy (non-hydrogen) atoms. The second-order valence-electron chi connectivity index (χ2n) is 4.85. The number of hydrogen-bond acceptors (Lipinski definition) is 5. The van der Waals surface area contributed by atoms with Gasteiger partial charge in [-0.2, -0.15) is 0 Å². The van der Waals surface area contributed by atoms with Gasteiger partial charge in [0, 0.05) is 12.1 Å². The first-order valence-corrected chi connectivity index (χ1v) is 6.97. The number of hydrogen-bond donors (Lipinski definition) is 2. The Morgan fingerprint density at radius 2 is 2.00 bits per heavy atom. The molecule has 0 aliphatic carbocycles. The van der Waals surface area contributed by atoms with Crippen molar-refractivity contribution >= 4 is 15.7 Å². The molecule has 0 saturated carbocycles. The molecule has 0 bridgehead atoms. The van der Waals surface area contributed by atoms with E-state index < -0.39 is 20.5 Å². The van der Waals surface area contributed by atoms with Crippen LogP contribution in [0, 0.1) is 17.0 Å². The van der Waals surface area contributed by atoms with Crippen LogP contribution in [0.3, 0.4) is 0 Å². The van der Waals surface area contributed by atoms with E-state index in [2.05, 4.69) is 4.72 Å². The lowest BCUT2D eigenvalue weighted by Crippen LogP contribution is -2.46. The van der Waals surface area contributed by atoms with Crippen LogP contribution < -0.4 is 4.72 Å². The number of sulfonamides is 1. The summed E-state index contributed by atoms with van der Waals surface area (Å²) < 4.78 is 26.6. The number of nitrogens with one attached hydrogen (secondary N) is 1. The largest absolute Gasteiger partial charge is 0.394 e. The van der Waals surface area contributed by atoms with Crippen molar-refractivity contribution in [3.63, 3.8) is 0 Å². The quantitative estimate of drug-likeness (QED) is 0.619. The lowest BCUT2D eigenvalue weighted by Gasteiger charge is -2.23. The second kappa shape index (κ2) is 5.24. The highest BCUT2D eigenvalue weighted by molar-refractivity contribution is 7.89. The summed E-state index contributed by atoms with van der Waals surface area (Å²) in [5, 5.41) is 19.8. The third kappa shape index (κ3) is 3.72. The van der Waals surface area contributed by atoms with Crippen LogP contribution in [0.25, 0.3) is 0 Å². The van der Waals surface area contributed by atoms with E-state index in [4.69, 9.17) is 5.11 Å². The number of nitrogens with zero attached hydrogens (tertiary/aromatic N) is 1. The number of aliphatic hydroxyl groups excluding tert-OH is 1. The van der Waals surface area contributed by atoms with Gasteiger partial charge in [-0.05, 0) is 26.3 Å². The third-order valence-electron chi connectivity index (χ3n) is 2.48. The highest BCUT2D eigenvalue weighted by atomic mass is 32.2. The zero-order chi connectivity index (χ0) is 14.8. The number of nitro benzene ring substituents is 1. The fourth-order valence-electron chi connectivity index (χ4n) is 1.44. The van der Waals surface area contributed by atoms with E-state index in [0.717, 1.165) is 6.07 Å². The SMILES string of the molecule is Cc1ccc([N+](=O)[O-])cc1S(=O)(=O)NC(C)(C)CO. The van der Waals surface area contributed by atoms with Gasteiger partial charge < -0.3 is 5.11 Å². The van der Waals surface area contributed by atoms with Gasteiger partial charge in [0.05, 0.1) is 22.0 Å². The van der Waals surface area contributed by atoms with Gasteiger partial charge in [0.1, 0.15) is 0 Å². The summed E-state index contributed by atoms with van der Waals surface area (Å²) in [5.41, 5.74) is -0.949. The number of rotatable bonds is 5.